The predicted molar refractivity (Wildman–Crippen MR) is 91.3 cm³/mol. The zero-order valence-electron chi connectivity index (χ0n) is 12.3. The minimum absolute atomic E-state index is 0.0403. The second kappa shape index (κ2) is 6.65. The molecule has 8 nitrogen and oxygen atoms in total. The normalized spacial score (nSPS) is 11.5. The second-order valence-corrected chi connectivity index (χ2v) is 7.52. The Kier molecular flexibility index (Phi) is 4.58. The van der Waals surface area contributed by atoms with Gasteiger partial charge in [-0.25, -0.2) is 12.9 Å². The van der Waals surface area contributed by atoms with Crippen molar-refractivity contribution in [1.29, 1.82) is 0 Å². The van der Waals surface area contributed by atoms with Crippen molar-refractivity contribution in [3.8, 4) is 0 Å². The van der Waals surface area contributed by atoms with Crippen LogP contribution in [0.5, 0.6) is 0 Å². The van der Waals surface area contributed by atoms with Gasteiger partial charge in [-0.3, -0.25) is 9.52 Å². The summed E-state index contributed by atoms with van der Waals surface area (Å²) in [5, 5.41) is 6.53. The molecule has 0 radical (unpaired) electrons. The van der Waals surface area contributed by atoms with E-state index in [1.807, 2.05) is 0 Å². The highest BCUT2D eigenvalue weighted by molar-refractivity contribution is 9.10. The second-order valence-electron chi connectivity index (χ2n) is 4.90. The molecular formula is C14H13BrN4O4S. The SMILES string of the molecule is O=C(NCCS(=O)(=O)Nc1ccn2nccc2c1)c1ccc(Br)o1. The molecule has 3 rings (SSSR count). The van der Waals surface area contributed by atoms with Gasteiger partial charge in [0.2, 0.25) is 10.0 Å². The number of carbonyl (C=O) groups is 1. The number of sulfonamides is 1. The number of carbonyl (C=O) groups excluding carboxylic acids is 1. The molecule has 3 aromatic rings. The van der Waals surface area contributed by atoms with E-state index < -0.39 is 15.9 Å². The van der Waals surface area contributed by atoms with E-state index in [9.17, 15) is 13.2 Å². The molecule has 2 N–H and O–H groups in total. The molecule has 0 atom stereocenters. The van der Waals surface area contributed by atoms with E-state index in [1.165, 1.54) is 6.07 Å². The first-order valence-electron chi connectivity index (χ1n) is 6.90. The fraction of sp³-hybridized carbons (Fsp3) is 0.143. The quantitative estimate of drug-likeness (QED) is 0.642. The van der Waals surface area contributed by atoms with Gasteiger partial charge in [0.1, 0.15) is 0 Å². The van der Waals surface area contributed by atoms with Gasteiger partial charge >= 0.3 is 0 Å². The van der Waals surface area contributed by atoms with Gasteiger partial charge in [-0.05, 0) is 46.3 Å². The lowest BCUT2D eigenvalue weighted by Crippen LogP contribution is -2.31. The van der Waals surface area contributed by atoms with Crippen LogP contribution >= 0.6 is 15.9 Å². The first-order valence-corrected chi connectivity index (χ1v) is 9.35. The molecule has 0 saturated heterocycles. The Morgan fingerprint density at radius 3 is 2.88 bits per heavy atom. The van der Waals surface area contributed by atoms with Gasteiger partial charge in [-0.2, -0.15) is 5.10 Å². The van der Waals surface area contributed by atoms with Crippen LogP contribution in [0.15, 0.2) is 51.8 Å². The Bertz CT molecular complexity index is 979. The summed E-state index contributed by atoms with van der Waals surface area (Å²) in [7, 11) is -3.59. The van der Waals surface area contributed by atoms with Crippen molar-refractivity contribution in [3.05, 3.63) is 53.2 Å². The predicted octanol–water partition coefficient (Wildman–Crippen LogP) is 1.86. The maximum absolute atomic E-state index is 12.1. The number of pyridine rings is 1. The maximum Gasteiger partial charge on any atom is 0.287 e. The van der Waals surface area contributed by atoms with Crippen LogP contribution in [-0.4, -0.2) is 36.2 Å². The maximum atomic E-state index is 12.1. The molecule has 0 aliphatic rings. The molecule has 10 heteroatoms. The van der Waals surface area contributed by atoms with Gasteiger partial charge in [-0.1, -0.05) is 0 Å². The number of halogens is 1. The van der Waals surface area contributed by atoms with Crippen LogP contribution in [0.3, 0.4) is 0 Å². The summed E-state index contributed by atoms with van der Waals surface area (Å²) >= 11 is 3.09. The third-order valence-electron chi connectivity index (χ3n) is 3.13. The molecule has 126 valence electrons. The van der Waals surface area contributed by atoms with Crippen LogP contribution in [0.4, 0.5) is 5.69 Å². The number of hydrogen-bond acceptors (Lipinski definition) is 5. The van der Waals surface area contributed by atoms with Crippen molar-refractivity contribution < 1.29 is 17.6 Å². The molecule has 0 aliphatic heterocycles. The summed E-state index contributed by atoms with van der Waals surface area (Å²) in [6, 6.07) is 8.12. The smallest absolute Gasteiger partial charge is 0.287 e. The summed E-state index contributed by atoms with van der Waals surface area (Å²) in [4.78, 5) is 11.8. The molecule has 3 heterocycles. The lowest BCUT2D eigenvalue weighted by molar-refractivity contribution is 0.0927. The number of fused-ring (bicyclic) bond motifs is 1. The van der Waals surface area contributed by atoms with E-state index in [2.05, 4.69) is 31.1 Å². The third kappa shape index (κ3) is 3.95. The lowest BCUT2D eigenvalue weighted by atomic mass is 10.4. The Balaban J connectivity index is 1.56. The fourth-order valence-electron chi connectivity index (χ4n) is 2.04. The third-order valence-corrected chi connectivity index (χ3v) is 4.84. The highest BCUT2D eigenvalue weighted by Crippen LogP contribution is 2.14. The summed E-state index contributed by atoms with van der Waals surface area (Å²) in [5.41, 5.74) is 1.20. The number of nitrogens with zero attached hydrogens (tertiary/aromatic N) is 2. The van der Waals surface area contributed by atoms with E-state index in [-0.39, 0.29) is 18.1 Å². The molecule has 0 spiro atoms. The van der Waals surface area contributed by atoms with Gasteiger partial charge in [-0.15, -0.1) is 0 Å². The number of nitrogens with one attached hydrogen (secondary N) is 2. The van der Waals surface area contributed by atoms with Crippen molar-refractivity contribution >= 4 is 43.1 Å². The van der Waals surface area contributed by atoms with Crippen molar-refractivity contribution in [3.63, 3.8) is 0 Å². The molecule has 1 amide bonds. The average Bonchev–Trinajstić information content (AvgIpc) is 3.14. The van der Waals surface area contributed by atoms with E-state index in [4.69, 9.17) is 4.42 Å². The van der Waals surface area contributed by atoms with Gasteiger partial charge in [0, 0.05) is 18.9 Å². The minimum atomic E-state index is -3.59. The number of hydrogen-bond donors (Lipinski definition) is 2. The Hall–Kier alpha value is -2.33. The standard InChI is InChI=1S/C14H13BrN4O4S/c15-13-2-1-12(23-13)14(20)16-6-8-24(21,22)18-10-4-7-19-11(9-10)3-5-17-19/h1-5,7,9,18H,6,8H2,(H,16,20). The number of rotatable bonds is 6. The van der Waals surface area contributed by atoms with E-state index in [0.29, 0.717) is 10.4 Å². The number of amides is 1. The average molecular weight is 413 g/mol. The van der Waals surface area contributed by atoms with E-state index in [0.717, 1.165) is 5.52 Å². The summed E-state index contributed by atoms with van der Waals surface area (Å²) in [6.45, 7) is -0.0403. The molecule has 0 fully saturated rings. The summed E-state index contributed by atoms with van der Waals surface area (Å²) in [5.74, 6) is -0.625. The number of anilines is 1. The van der Waals surface area contributed by atoms with Gasteiger partial charge in [0.25, 0.3) is 5.91 Å². The number of furan rings is 1. The van der Waals surface area contributed by atoms with Crippen molar-refractivity contribution in [2.45, 2.75) is 0 Å². The van der Waals surface area contributed by atoms with Crippen molar-refractivity contribution in [2.75, 3.05) is 17.0 Å². The number of aromatic nitrogens is 2. The summed E-state index contributed by atoms with van der Waals surface area (Å²) in [6.07, 6.45) is 3.28. The monoisotopic (exact) mass is 412 g/mol. The molecular weight excluding hydrogens is 400 g/mol. The summed E-state index contributed by atoms with van der Waals surface area (Å²) < 4.78 is 33.8. The van der Waals surface area contributed by atoms with Crippen molar-refractivity contribution in [1.82, 2.24) is 14.9 Å². The fourth-order valence-corrected chi connectivity index (χ4v) is 3.30. The van der Waals surface area contributed by atoms with E-state index >= 15 is 0 Å². The van der Waals surface area contributed by atoms with E-state index in [1.54, 1.807) is 41.2 Å². The van der Waals surface area contributed by atoms with Crippen LogP contribution in [0, 0.1) is 0 Å². The molecule has 0 aliphatic carbocycles. The minimum Gasteiger partial charge on any atom is -0.444 e. The first-order chi connectivity index (χ1) is 11.4. The molecule has 0 aromatic carbocycles. The highest BCUT2D eigenvalue weighted by atomic mass is 79.9. The molecule has 0 unspecified atom stereocenters. The zero-order valence-corrected chi connectivity index (χ0v) is 14.7. The Labute approximate surface area is 146 Å². The first kappa shape index (κ1) is 16.5. The van der Waals surface area contributed by atoms with Crippen LogP contribution in [0.25, 0.3) is 5.52 Å². The van der Waals surface area contributed by atoms with Crippen LogP contribution < -0.4 is 10.0 Å². The van der Waals surface area contributed by atoms with Crippen molar-refractivity contribution in [2.24, 2.45) is 0 Å². The van der Waals surface area contributed by atoms with Gasteiger partial charge in [0.15, 0.2) is 10.4 Å². The van der Waals surface area contributed by atoms with Crippen LogP contribution in [0.2, 0.25) is 0 Å². The van der Waals surface area contributed by atoms with Crippen LogP contribution in [0.1, 0.15) is 10.6 Å². The highest BCUT2D eigenvalue weighted by Gasteiger charge is 2.14. The molecule has 0 saturated carbocycles. The zero-order chi connectivity index (χ0) is 17.2. The molecule has 3 aromatic heterocycles. The van der Waals surface area contributed by atoms with Gasteiger partial charge in [0.05, 0.1) is 17.0 Å². The van der Waals surface area contributed by atoms with Gasteiger partial charge < -0.3 is 9.73 Å². The lowest BCUT2D eigenvalue weighted by Gasteiger charge is -2.09. The van der Waals surface area contributed by atoms with Crippen LogP contribution in [-0.2, 0) is 10.0 Å². The molecule has 0 bridgehead atoms. The molecule has 24 heavy (non-hydrogen) atoms. The largest absolute Gasteiger partial charge is 0.444 e. The Morgan fingerprint density at radius 1 is 1.29 bits per heavy atom. The topological polar surface area (TPSA) is 106 Å². The Morgan fingerprint density at radius 2 is 2.12 bits per heavy atom.